The third-order valence-corrected chi connectivity index (χ3v) is 6.55. The van der Waals surface area contributed by atoms with Crippen molar-refractivity contribution in [3.05, 3.63) is 63.9 Å². The first-order valence-corrected chi connectivity index (χ1v) is 11.7. The molecule has 0 saturated heterocycles. The van der Waals surface area contributed by atoms with Gasteiger partial charge in [-0.15, -0.1) is 0 Å². The standard InChI is InChI=1S/C20H24N6O4S/c1-25(31(2,28)29)12-14-3-4-15(30-14)13-26-9-5-16-17(6-10-26)23-19(24-20(16)27)18-11-21-7-8-22-18/h3-4,7-8,11H,5-6,9-10,12-13H2,1-2H3,(H,23,24,27). The lowest BCUT2D eigenvalue weighted by Gasteiger charge is -2.18. The molecule has 4 rings (SSSR count). The van der Waals surface area contributed by atoms with Crippen molar-refractivity contribution in [1.29, 1.82) is 0 Å². The van der Waals surface area contributed by atoms with E-state index in [1.165, 1.54) is 11.4 Å². The summed E-state index contributed by atoms with van der Waals surface area (Å²) in [6, 6.07) is 3.66. The van der Waals surface area contributed by atoms with Gasteiger partial charge in [0.2, 0.25) is 10.0 Å². The van der Waals surface area contributed by atoms with Crippen molar-refractivity contribution >= 4 is 10.0 Å². The Morgan fingerprint density at radius 3 is 2.71 bits per heavy atom. The molecule has 1 N–H and O–H groups in total. The molecule has 0 fully saturated rings. The molecule has 1 aliphatic heterocycles. The highest BCUT2D eigenvalue weighted by Crippen LogP contribution is 2.18. The van der Waals surface area contributed by atoms with Crippen LogP contribution in [0.3, 0.4) is 0 Å². The Morgan fingerprint density at radius 1 is 1.19 bits per heavy atom. The number of hydrogen-bond acceptors (Lipinski definition) is 8. The van der Waals surface area contributed by atoms with Crippen molar-refractivity contribution in [2.45, 2.75) is 25.9 Å². The van der Waals surface area contributed by atoms with Crippen molar-refractivity contribution in [2.24, 2.45) is 0 Å². The van der Waals surface area contributed by atoms with Crippen molar-refractivity contribution in [3.8, 4) is 11.5 Å². The van der Waals surface area contributed by atoms with E-state index in [1.807, 2.05) is 6.07 Å². The molecule has 0 unspecified atom stereocenters. The van der Waals surface area contributed by atoms with Gasteiger partial charge in [-0.1, -0.05) is 0 Å². The van der Waals surface area contributed by atoms with Gasteiger partial charge in [0.05, 0.1) is 31.2 Å². The predicted molar refractivity (Wildman–Crippen MR) is 114 cm³/mol. The van der Waals surface area contributed by atoms with Crippen LogP contribution in [0.4, 0.5) is 0 Å². The summed E-state index contributed by atoms with van der Waals surface area (Å²) in [5.74, 6) is 1.77. The number of aromatic nitrogens is 4. The topological polar surface area (TPSA) is 125 Å². The first-order chi connectivity index (χ1) is 14.8. The normalized spacial score (nSPS) is 15.1. The maximum absolute atomic E-state index is 12.6. The fourth-order valence-electron chi connectivity index (χ4n) is 3.50. The van der Waals surface area contributed by atoms with Gasteiger partial charge in [-0.3, -0.25) is 14.7 Å². The minimum Gasteiger partial charge on any atom is -0.463 e. The molecule has 11 heteroatoms. The zero-order valence-corrected chi connectivity index (χ0v) is 18.2. The van der Waals surface area contributed by atoms with Crippen LogP contribution in [0, 0.1) is 0 Å². The van der Waals surface area contributed by atoms with Crippen molar-refractivity contribution in [2.75, 3.05) is 26.4 Å². The van der Waals surface area contributed by atoms with Gasteiger partial charge in [0.15, 0.2) is 5.82 Å². The van der Waals surface area contributed by atoms with Crippen molar-refractivity contribution in [1.82, 2.24) is 29.1 Å². The van der Waals surface area contributed by atoms with Gasteiger partial charge >= 0.3 is 0 Å². The second-order valence-corrected chi connectivity index (χ2v) is 9.68. The number of furan rings is 1. The highest BCUT2D eigenvalue weighted by Gasteiger charge is 2.21. The van der Waals surface area contributed by atoms with Crippen LogP contribution in [-0.4, -0.2) is 64.0 Å². The number of H-pyrrole nitrogens is 1. The van der Waals surface area contributed by atoms with E-state index in [-0.39, 0.29) is 12.1 Å². The third kappa shape index (κ3) is 5.06. The average Bonchev–Trinajstić information content (AvgIpc) is 3.06. The van der Waals surface area contributed by atoms with Crippen LogP contribution in [0.2, 0.25) is 0 Å². The van der Waals surface area contributed by atoms with E-state index in [0.29, 0.717) is 48.8 Å². The zero-order chi connectivity index (χ0) is 22.0. The summed E-state index contributed by atoms with van der Waals surface area (Å²) in [4.78, 5) is 30.5. The summed E-state index contributed by atoms with van der Waals surface area (Å²) in [5, 5.41) is 0. The fraction of sp³-hybridized carbons (Fsp3) is 0.400. The average molecular weight is 445 g/mol. The van der Waals surface area contributed by atoms with Gasteiger partial charge in [-0.2, -0.15) is 4.31 Å². The Hall–Kier alpha value is -2.89. The Bertz CT molecular complexity index is 1220. The van der Waals surface area contributed by atoms with Crippen LogP contribution < -0.4 is 5.56 Å². The molecule has 0 bridgehead atoms. The summed E-state index contributed by atoms with van der Waals surface area (Å²) in [7, 11) is -1.75. The maximum Gasteiger partial charge on any atom is 0.254 e. The molecular weight excluding hydrogens is 420 g/mol. The lowest BCUT2D eigenvalue weighted by Crippen LogP contribution is -2.26. The molecule has 3 aromatic heterocycles. The number of nitrogens with one attached hydrogen (secondary N) is 1. The van der Waals surface area contributed by atoms with Gasteiger partial charge in [0.1, 0.15) is 17.2 Å². The fourth-order valence-corrected chi connectivity index (χ4v) is 3.87. The Balaban J connectivity index is 1.44. The molecule has 4 heterocycles. The van der Waals surface area contributed by atoms with Crippen LogP contribution >= 0.6 is 0 Å². The predicted octanol–water partition coefficient (Wildman–Crippen LogP) is 0.812. The van der Waals surface area contributed by atoms with E-state index in [2.05, 4.69) is 24.8 Å². The number of hydrogen-bond donors (Lipinski definition) is 1. The summed E-state index contributed by atoms with van der Waals surface area (Å²) in [6.45, 7) is 2.18. The summed E-state index contributed by atoms with van der Waals surface area (Å²) in [6.07, 6.45) is 7.09. The van der Waals surface area contributed by atoms with Gasteiger partial charge in [0, 0.05) is 44.5 Å². The molecule has 0 saturated carbocycles. The zero-order valence-electron chi connectivity index (χ0n) is 17.4. The lowest BCUT2D eigenvalue weighted by molar-refractivity contribution is 0.249. The van der Waals surface area contributed by atoms with Gasteiger partial charge in [-0.05, 0) is 18.6 Å². The summed E-state index contributed by atoms with van der Waals surface area (Å²) >= 11 is 0. The number of rotatable bonds is 6. The molecule has 0 amide bonds. The molecule has 0 aromatic carbocycles. The van der Waals surface area contributed by atoms with E-state index in [0.717, 1.165) is 24.3 Å². The third-order valence-electron chi connectivity index (χ3n) is 5.29. The second kappa shape index (κ2) is 8.69. The SMILES string of the molecule is CN(Cc1ccc(CN2CCc3nc(-c4cnccn4)[nH]c(=O)c3CC2)o1)S(C)(=O)=O. The molecular formula is C20H24N6O4S. The van der Waals surface area contributed by atoms with Crippen LogP contribution in [0.1, 0.15) is 22.8 Å². The van der Waals surface area contributed by atoms with Gasteiger partial charge in [-0.25, -0.2) is 18.4 Å². The van der Waals surface area contributed by atoms with E-state index in [4.69, 9.17) is 4.42 Å². The Morgan fingerprint density at radius 2 is 1.97 bits per heavy atom. The molecule has 0 atom stereocenters. The molecule has 1 aliphatic rings. The molecule has 10 nitrogen and oxygen atoms in total. The lowest BCUT2D eigenvalue weighted by atomic mass is 10.1. The quantitative estimate of drug-likeness (QED) is 0.592. The number of nitrogens with zero attached hydrogens (tertiary/aromatic N) is 5. The molecule has 0 aliphatic carbocycles. The molecule has 0 radical (unpaired) electrons. The van der Waals surface area contributed by atoms with E-state index in [1.54, 1.807) is 24.7 Å². The first kappa shape index (κ1) is 21.3. The minimum absolute atomic E-state index is 0.142. The van der Waals surface area contributed by atoms with Crippen LogP contribution in [0.15, 0.2) is 39.9 Å². The smallest absolute Gasteiger partial charge is 0.254 e. The number of fused-ring (bicyclic) bond motifs is 1. The maximum atomic E-state index is 12.6. The molecule has 0 spiro atoms. The molecule has 3 aromatic rings. The van der Waals surface area contributed by atoms with Crippen LogP contribution in [0.5, 0.6) is 0 Å². The van der Waals surface area contributed by atoms with Crippen LogP contribution in [-0.2, 0) is 36.0 Å². The number of aromatic amines is 1. The van der Waals surface area contributed by atoms with E-state index < -0.39 is 10.0 Å². The molecule has 31 heavy (non-hydrogen) atoms. The summed E-state index contributed by atoms with van der Waals surface area (Å²) < 4.78 is 30.2. The first-order valence-electron chi connectivity index (χ1n) is 9.89. The Labute approximate surface area is 180 Å². The second-order valence-electron chi connectivity index (χ2n) is 7.59. The number of sulfonamides is 1. The van der Waals surface area contributed by atoms with Crippen molar-refractivity contribution < 1.29 is 12.8 Å². The van der Waals surface area contributed by atoms with Gasteiger partial charge in [0.25, 0.3) is 5.56 Å². The summed E-state index contributed by atoms with van der Waals surface area (Å²) in [5.41, 5.74) is 1.87. The van der Waals surface area contributed by atoms with Gasteiger partial charge < -0.3 is 9.40 Å². The van der Waals surface area contributed by atoms with E-state index >= 15 is 0 Å². The minimum atomic E-state index is -3.27. The monoisotopic (exact) mass is 444 g/mol. The molecule has 164 valence electrons. The van der Waals surface area contributed by atoms with Crippen molar-refractivity contribution in [3.63, 3.8) is 0 Å². The highest BCUT2D eigenvalue weighted by molar-refractivity contribution is 7.88. The van der Waals surface area contributed by atoms with Crippen LogP contribution in [0.25, 0.3) is 11.5 Å². The van der Waals surface area contributed by atoms with E-state index in [9.17, 15) is 13.2 Å². The Kier molecular flexibility index (Phi) is 5.99. The highest BCUT2D eigenvalue weighted by atomic mass is 32.2. The largest absolute Gasteiger partial charge is 0.463 e.